The summed E-state index contributed by atoms with van der Waals surface area (Å²) in [5, 5.41) is 2.62. The van der Waals surface area contributed by atoms with E-state index in [2.05, 4.69) is 5.32 Å². The Morgan fingerprint density at radius 2 is 2.13 bits per heavy atom. The molecule has 3 amide bonds. The maximum Gasteiger partial charge on any atom is 0.325 e. The van der Waals surface area contributed by atoms with E-state index in [1.165, 1.54) is 25.5 Å². The highest BCUT2D eigenvalue weighted by molar-refractivity contribution is 6.06. The highest BCUT2D eigenvalue weighted by atomic mass is 19.1. The lowest BCUT2D eigenvalue weighted by Gasteiger charge is -2.19. The summed E-state index contributed by atoms with van der Waals surface area (Å²) in [6, 6.07) is 7.00. The molecule has 1 N–H and O–H groups in total. The monoisotopic (exact) mass is 318 g/mol. The third kappa shape index (κ3) is 2.44. The molecule has 6 nitrogen and oxygen atoms in total. The first kappa shape index (κ1) is 15.1. The summed E-state index contributed by atoms with van der Waals surface area (Å²) >= 11 is 0. The van der Waals surface area contributed by atoms with Crippen molar-refractivity contribution in [3.05, 3.63) is 53.7 Å². The smallest absolute Gasteiger partial charge is 0.325 e. The summed E-state index contributed by atoms with van der Waals surface area (Å²) in [5.41, 5.74) is -0.776. The number of furan rings is 1. The first-order valence-electron chi connectivity index (χ1n) is 6.96. The molecule has 3 rings (SSSR count). The molecule has 120 valence electrons. The number of carbonyl (C=O) groups excluding carboxylic acids is 2. The Labute approximate surface area is 131 Å². The van der Waals surface area contributed by atoms with Crippen molar-refractivity contribution in [1.29, 1.82) is 0 Å². The first-order chi connectivity index (χ1) is 11.0. The van der Waals surface area contributed by atoms with Gasteiger partial charge in [-0.25, -0.2) is 9.18 Å². The molecule has 1 aromatic carbocycles. The second-order valence-electron chi connectivity index (χ2n) is 5.39. The molecule has 0 radical (unpaired) electrons. The molecule has 1 atom stereocenters. The lowest BCUT2D eigenvalue weighted by atomic mass is 9.99. The third-order valence-electron chi connectivity index (χ3n) is 3.85. The molecule has 1 saturated heterocycles. The number of carbonyl (C=O) groups is 2. The van der Waals surface area contributed by atoms with Gasteiger partial charge in [-0.1, -0.05) is 6.07 Å². The van der Waals surface area contributed by atoms with Crippen LogP contribution < -0.4 is 10.1 Å². The van der Waals surface area contributed by atoms with Gasteiger partial charge in [-0.3, -0.25) is 9.69 Å². The zero-order valence-corrected chi connectivity index (χ0v) is 12.6. The van der Waals surface area contributed by atoms with Crippen LogP contribution >= 0.6 is 0 Å². The predicted octanol–water partition coefficient (Wildman–Crippen LogP) is 2.39. The molecule has 2 heterocycles. The standard InChI is InChI=1S/C16H15FN2O4/c1-16(13-4-3-7-23-13)14(20)19(15(21)18-16)9-10-5-6-12(22-2)11(17)8-10/h3-8H,9H2,1-2H3,(H,18,21)/t16-/m1/s1. The third-order valence-corrected chi connectivity index (χ3v) is 3.85. The normalized spacial score (nSPS) is 20.7. The second-order valence-corrected chi connectivity index (χ2v) is 5.39. The molecule has 23 heavy (non-hydrogen) atoms. The van der Waals surface area contributed by atoms with Gasteiger partial charge in [-0.15, -0.1) is 0 Å². The highest BCUT2D eigenvalue weighted by Gasteiger charge is 2.50. The van der Waals surface area contributed by atoms with Crippen molar-refractivity contribution in [3.8, 4) is 5.75 Å². The Kier molecular flexibility index (Phi) is 3.55. The lowest BCUT2D eigenvalue weighted by molar-refractivity contribution is -0.132. The number of halogens is 1. The van der Waals surface area contributed by atoms with Crippen LogP contribution in [0.15, 0.2) is 41.0 Å². The van der Waals surface area contributed by atoms with Crippen LogP contribution in [0.25, 0.3) is 0 Å². The van der Waals surface area contributed by atoms with Crippen molar-refractivity contribution in [2.24, 2.45) is 0 Å². The number of methoxy groups -OCH3 is 1. The average Bonchev–Trinajstić information content (AvgIpc) is 3.12. The fourth-order valence-corrected chi connectivity index (χ4v) is 2.56. The van der Waals surface area contributed by atoms with Gasteiger partial charge in [0.15, 0.2) is 17.1 Å². The van der Waals surface area contributed by atoms with Gasteiger partial charge in [0.2, 0.25) is 0 Å². The number of nitrogens with zero attached hydrogens (tertiary/aromatic N) is 1. The summed E-state index contributed by atoms with van der Waals surface area (Å²) in [6.45, 7) is 1.53. The molecule has 0 bridgehead atoms. The summed E-state index contributed by atoms with van der Waals surface area (Å²) in [5.74, 6) is -0.551. The minimum absolute atomic E-state index is 0.0398. The second kappa shape index (κ2) is 5.42. The number of benzene rings is 1. The molecule has 1 aliphatic rings. The molecule has 1 aromatic heterocycles. The average molecular weight is 318 g/mol. The van der Waals surface area contributed by atoms with Crippen molar-refractivity contribution in [1.82, 2.24) is 10.2 Å². The van der Waals surface area contributed by atoms with Crippen LogP contribution in [0.2, 0.25) is 0 Å². The maximum atomic E-state index is 13.8. The van der Waals surface area contributed by atoms with Crippen molar-refractivity contribution in [3.63, 3.8) is 0 Å². The van der Waals surface area contributed by atoms with Gasteiger partial charge in [0, 0.05) is 0 Å². The molecular formula is C16H15FN2O4. The van der Waals surface area contributed by atoms with Gasteiger partial charge in [-0.2, -0.15) is 0 Å². The number of hydrogen-bond donors (Lipinski definition) is 1. The first-order valence-corrected chi connectivity index (χ1v) is 6.96. The minimum Gasteiger partial charge on any atom is -0.494 e. The number of urea groups is 1. The Balaban J connectivity index is 1.85. The Morgan fingerprint density at radius 1 is 1.35 bits per heavy atom. The van der Waals surface area contributed by atoms with Gasteiger partial charge in [0.25, 0.3) is 5.91 Å². The topological polar surface area (TPSA) is 71.8 Å². The largest absolute Gasteiger partial charge is 0.494 e. The molecule has 0 aliphatic carbocycles. The van der Waals surface area contributed by atoms with Gasteiger partial charge < -0.3 is 14.5 Å². The Bertz CT molecular complexity index is 759. The van der Waals surface area contributed by atoms with E-state index in [0.717, 1.165) is 4.90 Å². The zero-order valence-electron chi connectivity index (χ0n) is 12.6. The molecule has 1 fully saturated rings. The number of rotatable bonds is 4. The Morgan fingerprint density at radius 3 is 2.74 bits per heavy atom. The number of nitrogens with one attached hydrogen (secondary N) is 1. The van der Waals surface area contributed by atoms with Gasteiger partial charge in [0.05, 0.1) is 19.9 Å². The Hall–Kier alpha value is -2.83. The van der Waals surface area contributed by atoms with E-state index in [1.807, 2.05) is 0 Å². The number of imide groups is 1. The number of amides is 3. The lowest BCUT2D eigenvalue weighted by Crippen LogP contribution is -2.40. The molecule has 0 saturated carbocycles. The van der Waals surface area contributed by atoms with E-state index in [0.29, 0.717) is 11.3 Å². The molecule has 1 aliphatic heterocycles. The zero-order chi connectivity index (χ0) is 16.6. The van der Waals surface area contributed by atoms with Gasteiger partial charge in [-0.05, 0) is 36.8 Å². The molecule has 2 aromatic rings. The van der Waals surface area contributed by atoms with Crippen molar-refractivity contribution < 1.29 is 23.1 Å². The summed E-state index contributed by atoms with van der Waals surface area (Å²) in [7, 11) is 1.37. The quantitative estimate of drug-likeness (QED) is 0.879. The van der Waals surface area contributed by atoms with Crippen LogP contribution in [0, 0.1) is 5.82 Å². The van der Waals surface area contributed by atoms with Crippen LogP contribution in [0.4, 0.5) is 9.18 Å². The highest BCUT2D eigenvalue weighted by Crippen LogP contribution is 2.30. The van der Waals surface area contributed by atoms with Crippen molar-refractivity contribution in [2.45, 2.75) is 19.0 Å². The van der Waals surface area contributed by atoms with E-state index < -0.39 is 23.3 Å². The fraction of sp³-hybridized carbons (Fsp3) is 0.250. The van der Waals surface area contributed by atoms with Crippen LogP contribution in [0.3, 0.4) is 0 Å². The number of ether oxygens (including phenoxy) is 1. The maximum absolute atomic E-state index is 13.8. The van der Waals surface area contributed by atoms with Crippen LogP contribution in [0.1, 0.15) is 18.2 Å². The van der Waals surface area contributed by atoms with Crippen LogP contribution in [-0.2, 0) is 16.9 Å². The van der Waals surface area contributed by atoms with Gasteiger partial charge in [0.1, 0.15) is 5.76 Å². The summed E-state index contributed by atoms with van der Waals surface area (Å²) < 4.78 is 23.8. The van der Waals surface area contributed by atoms with Gasteiger partial charge >= 0.3 is 6.03 Å². The molecular weight excluding hydrogens is 303 g/mol. The summed E-state index contributed by atoms with van der Waals surface area (Å²) in [4.78, 5) is 25.8. The number of hydrogen-bond acceptors (Lipinski definition) is 4. The molecule has 0 unspecified atom stereocenters. The predicted molar refractivity (Wildman–Crippen MR) is 78.1 cm³/mol. The molecule has 7 heteroatoms. The van der Waals surface area contributed by atoms with Crippen LogP contribution in [-0.4, -0.2) is 23.9 Å². The van der Waals surface area contributed by atoms with E-state index in [4.69, 9.17) is 9.15 Å². The molecule has 0 spiro atoms. The van der Waals surface area contributed by atoms with E-state index >= 15 is 0 Å². The van der Waals surface area contributed by atoms with Crippen molar-refractivity contribution in [2.75, 3.05) is 7.11 Å². The summed E-state index contributed by atoms with van der Waals surface area (Å²) in [6.07, 6.45) is 1.43. The SMILES string of the molecule is COc1ccc(CN2C(=O)N[C@](C)(c3ccco3)C2=O)cc1F. The van der Waals surface area contributed by atoms with E-state index in [-0.39, 0.29) is 12.3 Å². The van der Waals surface area contributed by atoms with E-state index in [1.54, 1.807) is 25.1 Å². The van der Waals surface area contributed by atoms with Crippen LogP contribution in [0.5, 0.6) is 5.75 Å². The van der Waals surface area contributed by atoms with E-state index in [9.17, 15) is 14.0 Å². The van der Waals surface area contributed by atoms with Crippen molar-refractivity contribution >= 4 is 11.9 Å². The fourth-order valence-electron chi connectivity index (χ4n) is 2.56. The minimum atomic E-state index is -1.26.